The second kappa shape index (κ2) is 7.71. The van der Waals surface area contributed by atoms with Gasteiger partial charge in [-0.15, -0.1) is 6.58 Å². The Kier molecular flexibility index (Phi) is 6.53. The standard InChI is InChI=1S/C12H15ClFNS/c1-2-6-16-7-5-15-9-10-8-11(13)3-4-12(10)14/h2-4,8,15H,1,5-7,9H2. The first-order valence-corrected chi connectivity index (χ1v) is 6.60. The van der Waals surface area contributed by atoms with E-state index < -0.39 is 0 Å². The summed E-state index contributed by atoms with van der Waals surface area (Å²) in [6.07, 6.45) is 1.88. The minimum Gasteiger partial charge on any atom is -0.312 e. The van der Waals surface area contributed by atoms with Gasteiger partial charge in [-0.2, -0.15) is 11.8 Å². The highest BCUT2D eigenvalue weighted by Gasteiger charge is 2.01. The van der Waals surface area contributed by atoms with Crippen LogP contribution in [0.4, 0.5) is 4.39 Å². The predicted molar refractivity (Wildman–Crippen MR) is 70.6 cm³/mol. The maximum Gasteiger partial charge on any atom is 0.127 e. The van der Waals surface area contributed by atoms with Crippen molar-refractivity contribution in [2.24, 2.45) is 0 Å². The molecule has 0 heterocycles. The van der Waals surface area contributed by atoms with Gasteiger partial charge >= 0.3 is 0 Å². The van der Waals surface area contributed by atoms with E-state index in [1.165, 1.54) is 6.07 Å². The van der Waals surface area contributed by atoms with Crippen LogP contribution in [0.2, 0.25) is 5.02 Å². The van der Waals surface area contributed by atoms with Crippen LogP contribution in [0.3, 0.4) is 0 Å². The smallest absolute Gasteiger partial charge is 0.127 e. The fourth-order valence-electron chi connectivity index (χ4n) is 1.21. The van der Waals surface area contributed by atoms with E-state index in [9.17, 15) is 4.39 Å². The average Bonchev–Trinajstić information content (AvgIpc) is 2.28. The summed E-state index contributed by atoms with van der Waals surface area (Å²) < 4.78 is 13.3. The van der Waals surface area contributed by atoms with E-state index in [4.69, 9.17) is 11.6 Å². The van der Waals surface area contributed by atoms with Crippen LogP contribution in [0.15, 0.2) is 30.9 Å². The molecule has 0 aliphatic heterocycles. The Morgan fingerprint density at radius 2 is 2.31 bits per heavy atom. The second-order valence-corrected chi connectivity index (χ2v) is 4.86. The third kappa shape index (κ3) is 5.01. The van der Waals surface area contributed by atoms with Gasteiger partial charge < -0.3 is 5.32 Å². The van der Waals surface area contributed by atoms with E-state index >= 15 is 0 Å². The summed E-state index contributed by atoms with van der Waals surface area (Å²) in [5.41, 5.74) is 0.612. The quantitative estimate of drug-likeness (QED) is 0.594. The number of thioether (sulfide) groups is 1. The molecular weight excluding hydrogens is 245 g/mol. The molecule has 4 heteroatoms. The Bertz CT molecular complexity index is 344. The molecule has 0 aliphatic carbocycles. The molecule has 0 fully saturated rings. The van der Waals surface area contributed by atoms with Gasteiger partial charge in [0, 0.05) is 35.2 Å². The number of nitrogens with one attached hydrogen (secondary N) is 1. The normalized spacial score (nSPS) is 10.4. The van der Waals surface area contributed by atoms with Gasteiger partial charge in [0.1, 0.15) is 5.82 Å². The average molecular weight is 260 g/mol. The third-order valence-corrected chi connectivity index (χ3v) is 3.18. The van der Waals surface area contributed by atoms with E-state index in [-0.39, 0.29) is 5.82 Å². The molecule has 0 bridgehead atoms. The molecule has 0 saturated carbocycles. The van der Waals surface area contributed by atoms with Crippen LogP contribution in [-0.2, 0) is 6.54 Å². The Morgan fingerprint density at radius 1 is 1.50 bits per heavy atom. The number of hydrogen-bond donors (Lipinski definition) is 1. The van der Waals surface area contributed by atoms with E-state index in [1.807, 2.05) is 6.08 Å². The summed E-state index contributed by atoms with van der Waals surface area (Å²) in [4.78, 5) is 0. The molecular formula is C12H15ClFNS. The monoisotopic (exact) mass is 259 g/mol. The fraction of sp³-hybridized carbons (Fsp3) is 0.333. The van der Waals surface area contributed by atoms with Gasteiger partial charge in [0.2, 0.25) is 0 Å². The molecule has 0 atom stereocenters. The predicted octanol–water partition coefficient (Wildman–Crippen LogP) is 3.49. The highest BCUT2D eigenvalue weighted by atomic mass is 35.5. The minimum atomic E-state index is -0.212. The van der Waals surface area contributed by atoms with E-state index in [1.54, 1.807) is 23.9 Å². The molecule has 0 saturated heterocycles. The molecule has 1 N–H and O–H groups in total. The van der Waals surface area contributed by atoms with Crippen molar-refractivity contribution in [3.8, 4) is 0 Å². The van der Waals surface area contributed by atoms with Crippen molar-refractivity contribution in [1.82, 2.24) is 5.32 Å². The van der Waals surface area contributed by atoms with Crippen molar-refractivity contribution in [2.45, 2.75) is 6.54 Å². The van der Waals surface area contributed by atoms with Crippen LogP contribution in [0, 0.1) is 5.82 Å². The molecule has 1 nitrogen and oxygen atoms in total. The zero-order valence-electron chi connectivity index (χ0n) is 9.01. The lowest BCUT2D eigenvalue weighted by Gasteiger charge is -2.06. The largest absolute Gasteiger partial charge is 0.312 e. The van der Waals surface area contributed by atoms with Crippen molar-refractivity contribution in [2.75, 3.05) is 18.1 Å². The van der Waals surface area contributed by atoms with Gasteiger partial charge in [0.15, 0.2) is 0 Å². The minimum absolute atomic E-state index is 0.212. The van der Waals surface area contributed by atoms with Crippen LogP contribution in [0.1, 0.15) is 5.56 Å². The lowest BCUT2D eigenvalue weighted by Crippen LogP contribution is -2.17. The Labute approximate surface area is 105 Å². The Morgan fingerprint density at radius 3 is 3.06 bits per heavy atom. The first kappa shape index (κ1) is 13.6. The van der Waals surface area contributed by atoms with Gasteiger partial charge in [0.05, 0.1) is 0 Å². The molecule has 0 unspecified atom stereocenters. The number of benzene rings is 1. The highest BCUT2D eigenvalue weighted by Crippen LogP contribution is 2.14. The second-order valence-electron chi connectivity index (χ2n) is 3.28. The SMILES string of the molecule is C=CCSCCNCc1cc(Cl)ccc1F. The number of hydrogen-bond acceptors (Lipinski definition) is 2. The van der Waals surface area contributed by atoms with Crippen molar-refractivity contribution in [3.05, 3.63) is 47.3 Å². The molecule has 0 aromatic heterocycles. The molecule has 1 aromatic carbocycles. The van der Waals surface area contributed by atoms with Crippen LogP contribution in [-0.4, -0.2) is 18.1 Å². The molecule has 1 rings (SSSR count). The van der Waals surface area contributed by atoms with Crippen LogP contribution in [0.25, 0.3) is 0 Å². The highest BCUT2D eigenvalue weighted by molar-refractivity contribution is 7.99. The van der Waals surface area contributed by atoms with Gasteiger partial charge in [-0.1, -0.05) is 17.7 Å². The van der Waals surface area contributed by atoms with E-state index in [0.717, 1.165) is 18.1 Å². The van der Waals surface area contributed by atoms with Crippen LogP contribution in [0.5, 0.6) is 0 Å². The van der Waals surface area contributed by atoms with Crippen LogP contribution >= 0.6 is 23.4 Å². The summed E-state index contributed by atoms with van der Waals surface area (Å²) >= 11 is 7.58. The summed E-state index contributed by atoms with van der Waals surface area (Å²) in [6, 6.07) is 4.60. The lowest BCUT2D eigenvalue weighted by molar-refractivity contribution is 0.594. The van der Waals surface area contributed by atoms with Crippen molar-refractivity contribution < 1.29 is 4.39 Å². The summed E-state index contributed by atoms with van der Waals surface area (Å²) in [7, 11) is 0. The topological polar surface area (TPSA) is 12.0 Å². The molecule has 0 radical (unpaired) electrons. The van der Waals surface area contributed by atoms with Gasteiger partial charge in [-0.25, -0.2) is 4.39 Å². The van der Waals surface area contributed by atoms with Crippen molar-refractivity contribution in [1.29, 1.82) is 0 Å². The zero-order chi connectivity index (χ0) is 11.8. The van der Waals surface area contributed by atoms with Crippen LogP contribution < -0.4 is 5.32 Å². The fourth-order valence-corrected chi connectivity index (χ4v) is 2.03. The van der Waals surface area contributed by atoms with Crippen molar-refractivity contribution >= 4 is 23.4 Å². The summed E-state index contributed by atoms with van der Waals surface area (Å²) in [5, 5.41) is 3.74. The van der Waals surface area contributed by atoms with E-state index in [2.05, 4.69) is 11.9 Å². The maximum atomic E-state index is 13.3. The van der Waals surface area contributed by atoms with Gasteiger partial charge in [0.25, 0.3) is 0 Å². The third-order valence-electron chi connectivity index (χ3n) is 1.98. The molecule has 0 aliphatic rings. The lowest BCUT2D eigenvalue weighted by atomic mass is 10.2. The maximum absolute atomic E-state index is 13.3. The first-order valence-electron chi connectivity index (χ1n) is 5.07. The van der Waals surface area contributed by atoms with E-state index in [0.29, 0.717) is 17.1 Å². The summed E-state index contributed by atoms with van der Waals surface area (Å²) in [5.74, 6) is 1.73. The molecule has 0 spiro atoms. The number of rotatable bonds is 7. The zero-order valence-corrected chi connectivity index (χ0v) is 10.6. The molecule has 0 amide bonds. The first-order chi connectivity index (χ1) is 7.74. The van der Waals surface area contributed by atoms with Gasteiger partial charge in [-0.3, -0.25) is 0 Å². The van der Waals surface area contributed by atoms with Crippen molar-refractivity contribution in [3.63, 3.8) is 0 Å². The summed E-state index contributed by atoms with van der Waals surface area (Å²) in [6.45, 7) is 5.01. The number of halogens is 2. The molecule has 16 heavy (non-hydrogen) atoms. The Balaban J connectivity index is 2.26. The molecule has 88 valence electrons. The molecule has 1 aromatic rings. The van der Waals surface area contributed by atoms with Gasteiger partial charge in [-0.05, 0) is 18.2 Å². The Hall–Kier alpha value is -0.510.